The van der Waals surface area contributed by atoms with E-state index in [4.69, 9.17) is 4.52 Å². The van der Waals surface area contributed by atoms with E-state index in [9.17, 15) is 0 Å². The van der Waals surface area contributed by atoms with Crippen LogP contribution in [0.4, 0.5) is 5.69 Å². The van der Waals surface area contributed by atoms with Gasteiger partial charge in [0.1, 0.15) is 12.0 Å². The molecule has 1 rings (SSSR count). The molecule has 9 heavy (non-hydrogen) atoms. The van der Waals surface area contributed by atoms with Crippen molar-refractivity contribution in [1.29, 1.82) is 0 Å². The summed E-state index contributed by atoms with van der Waals surface area (Å²) in [5.74, 6) is 0. The zero-order chi connectivity index (χ0) is 6.85. The lowest BCUT2D eigenvalue weighted by molar-refractivity contribution is 0.415. The number of anilines is 1. The summed E-state index contributed by atoms with van der Waals surface area (Å²) < 4.78 is 4.71. The Balaban J connectivity index is 2.94. The maximum absolute atomic E-state index is 4.71. The van der Waals surface area contributed by atoms with Crippen LogP contribution in [0.25, 0.3) is 0 Å². The summed E-state index contributed by atoms with van der Waals surface area (Å²) >= 11 is 0. The van der Waals surface area contributed by atoms with E-state index in [-0.39, 0.29) is 0 Å². The number of rotatable bonds is 1. The fourth-order valence-corrected chi connectivity index (χ4v) is 0.716. The minimum absolute atomic E-state index is 0.931. The second-order valence-electron chi connectivity index (χ2n) is 2.18. The van der Waals surface area contributed by atoms with Crippen LogP contribution >= 0.6 is 0 Å². The minimum atomic E-state index is 0.931. The summed E-state index contributed by atoms with van der Waals surface area (Å²) in [6.07, 6.45) is 1.63. The standard InChI is InChI=1S/C6H10N2O/c1-5-6(8(2)3)4-9-7-5/h4H,1-3H3. The molecule has 0 radical (unpaired) electrons. The van der Waals surface area contributed by atoms with Gasteiger partial charge < -0.3 is 9.42 Å². The Morgan fingerprint density at radius 2 is 2.22 bits per heavy atom. The topological polar surface area (TPSA) is 29.3 Å². The Labute approximate surface area is 54.3 Å². The second-order valence-corrected chi connectivity index (χ2v) is 2.18. The van der Waals surface area contributed by atoms with E-state index in [1.807, 2.05) is 25.9 Å². The lowest BCUT2D eigenvalue weighted by Crippen LogP contribution is -2.08. The van der Waals surface area contributed by atoms with E-state index in [1.54, 1.807) is 6.26 Å². The first-order chi connectivity index (χ1) is 4.22. The van der Waals surface area contributed by atoms with Gasteiger partial charge in [-0.05, 0) is 6.92 Å². The molecule has 0 saturated carbocycles. The van der Waals surface area contributed by atoms with Gasteiger partial charge in [-0.25, -0.2) is 0 Å². The smallest absolute Gasteiger partial charge is 0.147 e. The molecule has 0 amide bonds. The molecule has 0 aromatic carbocycles. The third-order valence-corrected chi connectivity index (χ3v) is 1.21. The minimum Gasteiger partial charge on any atom is -0.374 e. The maximum atomic E-state index is 4.71. The van der Waals surface area contributed by atoms with Gasteiger partial charge in [0.15, 0.2) is 0 Å². The van der Waals surface area contributed by atoms with Crippen LogP contribution in [0.3, 0.4) is 0 Å². The normalized spacial score (nSPS) is 9.67. The Kier molecular flexibility index (Phi) is 1.42. The van der Waals surface area contributed by atoms with Gasteiger partial charge in [-0.2, -0.15) is 0 Å². The summed E-state index contributed by atoms with van der Waals surface area (Å²) in [5, 5.41) is 3.72. The lowest BCUT2D eigenvalue weighted by atomic mass is 10.4. The molecule has 0 unspecified atom stereocenters. The largest absolute Gasteiger partial charge is 0.374 e. The predicted octanol–water partition coefficient (Wildman–Crippen LogP) is 1.05. The molecule has 0 spiro atoms. The van der Waals surface area contributed by atoms with E-state index < -0.39 is 0 Å². The predicted molar refractivity (Wildman–Crippen MR) is 35.6 cm³/mol. The molecular weight excluding hydrogens is 116 g/mol. The van der Waals surface area contributed by atoms with Crippen molar-refractivity contribution in [2.24, 2.45) is 0 Å². The Bertz CT molecular complexity index is 193. The highest BCUT2D eigenvalue weighted by molar-refractivity contribution is 5.45. The van der Waals surface area contributed by atoms with Gasteiger partial charge in [0, 0.05) is 14.1 Å². The third-order valence-electron chi connectivity index (χ3n) is 1.21. The molecule has 0 aliphatic heterocycles. The fraction of sp³-hybridized carbons (Fsp3) is 0.500. The molecule has 1 aromatic rings. The number of hydrogen-bond acceptors (Lipinski definition) is 3. The zero-order valence-corrected chi connectivity index (χ0v) is 5.88. The van der Waals surface area contributed by atoms with Crippen LogP contribution in [0.2, 0.25) is 0 Å². The molecule has 50 valence electrons. The highest BCUT2D eigenvalue weighted by atomic mass is 16.5. The molecule has 0 aliphatic carbocycles. The van der Waals surface area contributed by atoms with Crippen molar-refractivity contribution in [2.75, 3.05) is 19.0 Å². The van der Waals surface area contributed by atoms with Crippen molar-refractivity contribution < 1.29 is 4.52 Å². The number of aryl methyl sites for hydroxylation is 1. The van der Waals surface area contributed by atoms with Gasteiger partial charge in [0.05, 0.1) is 5.69 Å². The average Bonchev–Trinajstić information content (AvgIpc) is 2.13. The summed E-state index contributed by atoms with van der Waals surface area (Å²) in [7, 11) is 3.92. The van der Waals surface area contributed by atoms with Crippen molar-refractivity contribution in [3.63, 3.8) is 0 Å². The van der Waals surface area contributed by atoms with Gasteiger partial charge in [-0.3, -0.25) is 0 Å². The number of hydrogen-bond donors (Lipinski definition) is 0. The van der Waals surface area contributed by atoms with E-state index in [1.165, 1.54) is 0 Å². The molecular formula is C6H10N2O. The van der Waals surface area contributed by atoms with Gasteiger partial charge in [-0.1, -0.05) is 5.16 Å². The first-order valence-corrected chi connectivity index (χ1v) is 2.80. The van der Waals surface area contributed by atoms with Crippen molar-refractivity contribution >= 4 is 5.69 Å². The first-order valence-electron chi connectivity index (χ1n) is 2.80. The quantitative estimate of drug-likeness (QED) is 0.563. The lowest BCUT2D eigenvalue weighted by Gasteiger charge is -2.07. The SMILES string of the molecule is Cc1nocc1N(C)C. The van der Waals surface area contributed by atoms with Crippen molar-refractivity contribution in [3.8, 4) is 0 Å². The van der Waals surface area contributed by atoms with Crippen LogP contribution in [0, 0.1) is 6.92 Å². The van der Waals surface area contributed by atoms with Gasteiger partial charge in [0.25, 0.3) is 0 Å². The van der Waals surface area contributed by atoms with E-state index in [2.05, 4.69) is 5.16 Å². The van der Waals surface area contributed by atoms with Crippen LogP contribution in [-0.2, 0) is 0 Å². The summed E-state index contributed by atoms with van der Waals surface area (Å²) in [6.45, 7) is 1.92. The molecule has 0 saturated heterocycles. The molecule has 1 aromatic heterocycles. The molecule has 0 N–H and O–H groups in total. The van der Waals surface area contributed by atoms with Gasteiger partial charge >= 0.3 is 0 Å². The maximum Gasteiger partial charge on any atom is 0.147 e. The average molecular weight is 126 g/mol. The molecule has 0 fully saturated rings. The summed E-state index contributed by atoms with van der Waals surface area (Å²) in [4.78, 5) is 1.96. The number of nitrogens with zero attached hydrogens (tertiary/aromatic N) is 2. The molecule has 3 nitrogen and oxygen atoms in total. The second kappa shape index (κ2) is 2.09. The van der Waals surface area contributed by atoms with E-state index >= 15 is 0 Å². The van der Waals surface area contributed by atoms with Crippen molar-refractivity contribution in [3.05, 3.63) is 12.0 Å². The molecule has 0 aliphatic rings. The molecule has 3 heteroatoms. The number of aromatic nitrogens is 1. The van der Waals surface area contributed by atoms with Gasteiger partial charge in [0.2, 0.25) is 0 Å². The molecule has 1 heterocycles. The molecule has 0 atom stereocenters. The highest BCUT2D eigenvalue weighted by Gasteiger charge is 2.01. The van der Waals surface area contributed by atoms with Crippen molar-refractivity contribution in [2.45, 2.75) is 6.92 Å². The summed E-state index contributed by atoms with van der Waals surface area (Å²) in [5.41, 5.74) is 1.97. The highest BCUT2D eigenvalue weighted by Crippen LogP contribution is 2.13. The first kappa shape index (κ1) is 6.13. The van der Waals surface area contributed by atoms with Crippen LogP contribution in [0.5, 0.6) is 0 Å². The Hall–Kier alpha value is -0.990. The third kappa shape index (κ3) is 1.04. The van der Waals surface area contributed by atoms with Crippen LogP contribution in [0.15, 0.2) is 10.8 Å². The van der Waals surface area contributed by atoms with Crippen LogP contribution < -0.4 is 4.90 Å². The monoisotopic (exact) mass is 126 g/mol. The van der Waals surface area contributed by atoms with Crippen LogP contribution in [-0.4, -0.2) is 19.3 Å². The van der Waals surface area contributed by atoms with Crippen LogP contribution in [0.1, 0.15) is 5.69 Å². The summed E-state index contributed by atoms with van der Waals surface area (Å²) in [6, 6.07) is 0. The Morgan fingerprint density at radius 3 is 2.44 bits per heavy atom. The van der Waals surface area contributed by atoms with E-state index in [0.717, 1.165) is 11.4 Å². The fourth-order valence-electron chi connectivity index (χ4n) is 0.716. The van der Waals surface area contributed by atoms with Gasteiger partial charge in [-0.15, -0.1) is 0 Å². The zero-order valence-electron chi connectivity index (χ0n) is 5.88. The Morgan fingerprint density at radius 1 is 1.56 bits per heavy atom. The molecule has 0 bridgehead atoms. The van der Waals surface area contributed by atoms with Crippen molar-refractivity contribution in [1.82, 2.24) is 5.16 Å². The van der Waals surface area contributed by atoms with E-state index in [0.29, 0.717) is 0 Å².